The second kappa shape index (κ2) is 5.92. The highest BCUT2D eigenvalue weighted by Gasteiger charge is 2.37. The quantitative estimate of drug-likeness (QED) is 0.924. The Morgan fingerprint density at radius 1 is 1.33 bits per heavy atom. The van der Waals surface area contributed by atoms with Gasteiger partial charge in [0, 0.05) is 12.5 Å². The molecule has 0 spiro atoms. The number of aryl methyl sites for hydroxylation is 1. The van der Waals surface area contributed by atoms with Crippen molar-refractivity contribution in [3.63, 3.8) is 0 Å². The zero-order valence-electron chi connectivity index (χ0n) is 12.4. The topological polar surface area (TPSA) is 62.6 Å². The van der Waals surface area contributed by atoms with Gasteiger partial charge in [-0.2, -0.15) is 0 Å². The van der Waals surface area contributed by atoms with Crippen LogP contribution in [0.25, 0.3) is 0 Å². The molecular formula is C16H22N2O3. The van der Waals surface area contributed by atoms with Crippen molar-refractivity contribution in [2.45, 2.75) is 64.1 Å². The van der Waals surface area contributed by atoms with Crippen molar-refractivity contribution >= 4 is 11.8 Å². The predicted octanol–water partition coefficient (Wildman–Crippen LogP) is 2.14. The number of carbonyl (C=O) groups excluding carboxylic acids is 2. The van der Waals surface area contributed by atoms with E-state index in [0.29, 0.717) is 25.4 Å². The van der Waals surface area contributed by atoms with Crippen LogP contribution >= 0.6 is 0 Å². The first-order chi connectivity index (χ1) is 10.1. The maximum absolute atomic E-state index is 12.4. The van der Waals surface area contributed by atoms with Crippen molar-refractivity contribution in [3.05, 3.63) is 23.7 Å². The zero-order chi connectivity index (χ0) is 14.8. The van der Waals surface area contributed by atoms with Crippen LogP contribution in [-0.4, -0.2) is 28.8 Å². The Bertz CT molecular complexity index is 531. The van der Waals surface area contributed by atoms with Crippen LogP contribution in [0.2, 0.25) is 0 Å². The molecule has 1 saturated heterocycles. The molecule has 0 unspecified atom stereocenters. The number of nitrogens with one attached hydrogen (secondary N) is 1. The second-order valence-corrected chi connectivity index (χ2v) is 6.08. The standard InChI is InChI=1S/C16H22N2O3/c1-11-6-7-13(21-11)10-18-14(8-9-15(18)19)16(20)17-12-4-2-3-5-12/h6-7,12,14H,2-5,8-10H2,1H3,(H,17,20)/t14-/m1/s1. The Morgan fingerprint density at radius 3 is 2.76 bits per heavy atom. The summed E-state index contributed by atoms with van der Waals surface area (Å²) in [4.78, 5) is 26.1. The Balaban J connectivity index is 1.65. The molecule has 5 heteroatoms. The van der Waals surface area contributed by atoms with E-state index in [1.807, 2.05) is 19.1 Å². The highest BCUT2D eigenvalue weighted by Crippen LogP contribution is 2.24. The SMILES string of the molecule is Cc1ccc(CN2C(=O)CC[C@@H]2C(=O)NC2CCCC2)o1. The van der Waals surface area contributed by atoms with E-state index in [-0.39, 0.29) is 17.9 Å². The van der Waals surface area contributed by atoms with Crippen LogP contribution in [0.15, 0.2) is 16.5 Å². The molecule has 1 aliphatic carbocycles. The molecule has 1 aliphatic heterocycles. The van der Waals surface area contributed by atoms with Gasteiger partial charge in [-0.1, -0.05) is 12.8 Å². The molecule has 1 saturated carbocycles. The third-order valence-corrected chi connectivity index (χ3v) is 4.45. The second-order valence-electron chi connectivity index (χ2n) is 6.08. The number of furan rings is 1. The Hall–Kier alpha value is -1.78. The number of hydrogen-bond donors (Lipinski definition) is 1. The summed E-state index contributed by atoms with van der Waals surface area (Å²) in [6.45, 7) is 2.26. The molecule has 5 nitrogen and oxygen atoms in total. The van der Waals surface area contributed by atoms with Crippen molar-refractivity contribution in [2.24, 2.45) is 0 Å². The van der Waals surface area contributed by atoms with Gasteiger partial charge in [0.25, 0.3) is 0 Å². The van der Waals surface area contributed by atoms with Gasteiger partial charge >= 0.3 is 0 Å². The molecule has 0 radical (unpaired) electrons. The van der Waals surface area contributed by atoms with Gasteiger partial charge in [-0.15, -0.1) is 0 Å². The van der Waals surface area contributed by atoms with Crippen molar-refractivity contribution in [1.29, 1.82) is 0 Å². The Morgan fingerprint density at radius 2 is 2.10 bits per heavy atom. The van der Waals surface area contributed by atoms with E-state index < -0.39 is 0 Å². The van der Waals surface area contributed by atoms with E-state index in [4.69, 9.17) is 4.42 Å². The van der Waals surface area contributed by atoms with Gasteiger partial charge in [-0.25, -0.2) is 0 Å². The summed E-state index contributed by atoms with van der Waals surface area (Å²) in [5.74, 6) is 1.59. The van der Waals surface area contributed by atoms with Crippen molar-refractivity contribution in [2.75, 3.05) is 0 Å². The molecule has 21 heavy (non-hydrogen) atoms. The van der Waals surface area contributed by atoms with Crippen LogP contribution in [-0.2, 0) is 16.1 Å². The summed E-state index contributed by atoms with van der Waals surface area (Å²) in [5, 5.41) is 3.10. The van der Waals surface area contributed by atoms with Crippen LogP contribution in [0.4, 0.5) is 0 Å². The van der Waals surface area contributed by atoms with E-state index in [2.05, 4.69) is 5.32 Å². The molecular weight excluding hydrogens is 268 g/mol. The van der Waals surface area contributed by atoms with Gasteiger partial charge in [0.1, 0.15) is 17.6 Å². The number of carbonyl (C=O) groups is 2. The summed E-state index contributed by atoms with van der Waals surface area (Å²) >= 11 is 0. The van der Waals surface area contributed by atoms with E-state index >= 15 is 0 Å². The average molecular weight is 290 g/mol. The normalized spacial score (nSPS) is 23.0. The highest BCUT2D eigenvalue weighted by atomic mass is 16.3. The minimum atomic E-state index is -0.344. The lowest BCUT2D eigenvalue weighted by Crippen LogP contribution is -2.47. The van der Waals surface area contributed by atoms with Crippen molar-refractivity contribution in [3.8, 4) is 0 Å². The third kappa shape index (κ3) is 3.12. The van der Waals surface area contributed by atoms with Crippen LogP contribution in [0, 0.1) is 6.92 Å². The van der Waals surface area contributed by atoms with Gasteiger partial charge < -0.3 is 14.6 Å². The summed E-state index contributed by atoms with van der Waals surface area (Å²) in [7, 11) is 0. The van der Waals surface area contributed by atoms with Crippen LogP contribution in [0.1, 0.15) is 50.0 Å². The minimum absolute atomic E-state index is 0.00368. The van der Waals surface area contributed by atoms with Crippen LogP contribution in [0.3, 0.4) is 0 Å². The Kier molecular flexibility index (Phi) is 3.99. The smallest absolute Gasteiger partial charge is 0.243 e. The zero-order valence-corrected chi connectivity index (χ0v) is 12.4. The number of hydrogen-bond acceptors (Lipinski definition) is 3. The molecule has 1 N–H and O–H groups in total. The Labute approximate surface area is 124 Å². The summed E-state index contributed by atoms with van der Waals surface area (Å²) in [5.41, 5.74) is 0. The first-order valence-corrected chi connectivity index (χ1v) is 7.78. The molecule has 114 valence electrons. The molecule has 1 aromatic rings. The van der Waals surface area contributed by atoms with E-state index in [9.17, 15) is 9.59 Å². The lowest BCUT2D eigenvalue weighted by Gasteiger charge is -2.24. The molecule has 2 fully saturated rings. The molecule has 3 rings (SSSR count). The van der Waals surface area contributed by atoms with Gasteiger partial charge in [0.15, 0.2) is 0 Å². The molecule has 2 amide bonds. The maximum atomic E-state index is 12.4. The lowest BCUT2D eigenvalue weighted by atomic mass is 10.1. The average Bonchev–Trinajstić information content (AvgIpc) is 3.15. The summed E-state index contributed by atoms with van der Waals surface area (Å²) < 4.78 is 5.53. The van der Waals surface area contributed by atoms with E-state index in [0.717, 1.165) is 24.4 Å². The fourth-order valence-corrected chi connectivity index (χ4v) is 3.31. The third-order valence-electron chi connectivity index (χ3n) is 4.45. The van der Waals surface area contributed by atoms with E-state index in [1.165, 1.54) is 12.8 Å². The molecule has 1 atom stereocenters. The molecule has 2 heterocycles. The highest BCUT2D eigenvalue weighted by molar-refractivity contribution is 5.91. The molecule has 0 aromatic carbocycles. The first-order valence-electron chi connectivity index (χ1n) is 7.78. The lowest BCUT2D eigenvalue weighted by molar-refractivity contribution is -0.136. The predicted molar refractivity (Wildman–Crippen MR) is 77.4 cm³/mol. The van der Waals surface area contributed by atoms with Gasteiger partial charge in [0.2, 0.25) is 11.8 Å². The maximum Gasteiger partial charge on any atom is 0.243 e. The monoisotopic (exact) mass is 290 g/mol. The van der Waals surface area contributed by atoms with Gasteiger partial charge in [-0.3, -0.25) is 9.59 Å². The molecule has 1 aromatic heterocycles. The van der Waals surface area contributed by atoms with Gasteiger partial charge in [-0.05, 0) is 38.3 Å². The fourth-order valence-electron chi connectivity index (χ4n) is 3.31. The van der Waals surface area contributed by atoms with E-state index in [1.54, 1.807) is 4.90 Å². The van der Waals surface area contributed by atoms with Crippen LogP contribution < -0.4 is 5.32 Å². The number of nitrogens with zero attached hydrogens (tertiary/aromatic N) is 1. The number of amides is 2. The summed E-state index contributed by atoms with van der Waals surface area (Å²) in [6.07, 6.45) is 5.54. The largest absolute Gasteiger partial charge is 0.464 e. The van der Waals surface area contributed by atoms with Crippen LogP contribution in [0.5, 0.6) is 0 Å². The number of likely N-dealkylation sites (tertiary alicyclic amines) is 1. The first kappa shape index (κ1) is 14.2. The molecule has 2 aliphatic rings. The fraction of sp³-hybridized carbons (Fsp3) is 0.625. The van der Waals surface area contributed by atoms with Gasteiger partial charge in [0.05, 0.1) is 6.54 Å². The molecule has 0 bridgehead atoms. The summed E-state index contributed by atoms with van der Waals surface area (Å²) in [6, 6.07) is 3.69. The van der Waals surface area contributed by atoms with Crippen molar-refractivity contribution in [1.82, 2.24) is 10.2 Å². The number of rotatable bonds is 4. The van der Waals surface area contributed by atoms with Crippen molar-refractivity contribution < 1.29 is 14.0 Å². The minimum Gasteiger partial charge on any atom is -0.464 e.